The van der Waals surface area contributed by atoms with E-state index in [9.17, 15) is 4.79 Å². The SMILES string of the molecule is Cc1cn2cc(NC(=O)c3cnc(N4C[CH]CC4)nc3)nc(C)c2n1. The maximum absolute atomic E-state index is 12.4. The number of aryl methyl sites for hydroxylation is 2. The van der Waals surface area contributed by atoms with Crippen molar-refractivity contribution in [3.63, 3.8) is 0 Å². The van der Waals surface area contributed by atoms with Gasteiger partial charge in [0, 0.05) is 31.7 Å². The van der Waals surface area contributed by atoms with E-state index < -0.39 is 0 Å². The number of hydrogen-bond donors (Lipinski definition) is 1. The van der Waals surface area contributed by atoms with Crippen molar-refractivity contribution < 1.29 is 4.79 Å². The highest BCUT2D eigenvalue weighted by molar-refractivity contribution is 6.03. The Morgan fingerprint density at radius 2 is 1.96 bits per heavy atom. The summed E-state index contributed by atoms with van der Waals surface area (Å²) in [7, 11) is 0. The number of hydrogen-bond acceptors (Lipinski definition) is 6. The molecule has 4 heterocycles. The lowest BCUT2D eigenvalue weighted by Crippen LogP contribution is -2.21. The smallest absolute Gasteiger partial charge is 0.259 e. The number of carbonyl (C=O) groups excluding carboxylic acids is 1. The van der Waals surface area contributed by atoms with Crippen LogP contribution in [0.5, 0.6) is 0 Å². The molecule has 1 fully saturated rings. The van der Waals surface area contributed by atoms with E-state index in [1.54, 1.807) is 18.6 Å². The van der Waals surface area contributed by atoms with Gasteiger partial charge in [-0.15, -0.1) is 0 Å². The average molecular weight is 336 g/mol. The third-order valence-corrected chi connectivity index (χ3v) is 4.10. The third-order valence-electron chi connectivity index (χ3n) is 4.10. The van der Waals surface area contributed by atoms with E-state index in [0.717, 1.165) is 36.5 Å². The van der Waals surface area contributed by atoms with Crippen molar-refractivity contribution in [1.29, 1.82) is 0 Å². The van der Waals surface area contributed by atoms with E-state index in [2.05, 4.69) is 36.6 Å². The molecule has 3 aromatic heterocycles. The molecule has 4 rings (SSSR count). The van der Waals surface area contributed by atoms with Gasteiger partial charge in [-0.05, 0) is 26.7 Å². The van der Waals surface area contributed by atoms with E-state index >= 15 is 0 Å². The van der Waals surface area contributed by atoms with Gasteiger partial charge in [0.2, 0.25) is 5.95 Å². The monoisotopic (exact) mass is 336 g/mol. The highest BCUT2D eigenvalue weighted by atomic mass is 16.1. The second-order valence-corrected chi connectivity index (χ2v) is 6.07. The number of fused-ring (bicyclic) bond motifs is 1. The summed E-state index contributed by atoms with van der Waals surface area (Å²) in [5.41, 5.74) is 2.83. The molecule has 0 saturated carbocycles. The molecule has 1 saturated heterocycles. The molecule has 8 heteroatoms. The summed E-state index contributed by atoms with van der Waals surface area (Å²) in [6.07, 6.45) is 9.95. The van der Waals surface area contributed by atoms with Gasteiger partial charge in [-0.1, -0.05) is 0 Å². The molecule has 0 unspecified atom stereocenters. The molecule has 1 N–H and O–H groups in total. The molecule has 8 nitrogen and oxygen atoms in total. The fraction of sp³-hybridized carbons (Fsp3) is 0.294. The largest absolute Gasteiger partial charge is 0.341 e. The molecular weight excluding hydrogens is 318 g/mol. The van der Waals surface area contributed by atoms with Crippen molar-refractivity contribution in [2.24, 2.45) is 0 Å². The molecule has 1 aliphatic rings. The number of amides is 1. The van der Waals surface area contributed by atoms with E-state index in [1.165, 1.54) is 0 Å². The van der Waals surface area contributed by atoms with Crippen LogP contribution in [0.25, 0.3) is 5.65 Å². The minimum atomic E-state index is -0.289. The summed E-state index contributed by atoms with van der Waals surface area (Å²) in [6, 6.07) is 0. The van der Waals surface area contributed by atoms with Gasteiger partial charge >= 0.3 is 0 Å². The standard InChI is InChI=1S/C17H18N7O/c1-11-9-24-10-14(21-12(2)15(24)20-11)22-16(25)13-7-18-17(19-8-13)23-5-3-4-6-23/h3,7-10H,4-6H2,1-2H3,(H,22,25). The Morgan fingerprint density at radius 1 is 1.16 bits per heavy atom. The number of anilines is 2. The molecule has 1 amide bonds. The van der Waals surface area contributed by atoms with E-state index in [4.69, 9.17) is 0 Å². The molecular formula is C17H18N7O. The minimum absolute atomic E-state index is 0.289. The zero-order chi connectivity index (χ0) is 17.4. The van der Waals surface area contributed by atoms with Gasteiger partial charge < -0.3 is 14.6 Å². The normalized spacial score (nSPS) is 14.2. The molecule has 25 heavy (non-hydrogen) atoms. The zero-order valence-corrected chi connectivity index (χ0v) is 14.1. The lowest BCUT2D eigenvalue weighted by atomic mass is 10.3. The summed E-state index contributed by atoms with van der Waals surface area (Å²) in [5, 5.41) is 2.79. The second-order valence-electron chi connectivity index (χ2n) is 6.07. The summed E-state index contributed by atoms with van der Waals surface area (Å²) in [4.78, 5) is 31.9. The van der Waals surface area contributed by atoms with E-state index in [0.29, 0.717) is 17.3 Å². The average Bonchev–Trinajstić information content (AvgIpc) is 3.24. The predicted molar refractivity (Wildman–Crippen MR) is 93.6 cm³/mol. The highest BCUT2D eigenvalue weighted by Gasteiger charge is 2.16. The first-order valence-corrected chi connectivity index (χ1v) is 8.13. The summed E-state index contributed by atoms with van der Waals surface area (Å²) in [6.45, 7) is 5.54. The van der Waals surface area contributed by atoms with Crippen LogP contribution in [0.15, 0.2) is 24.8 Å². The van der Waals surface area contributed by atoms with E-state index in [1.807, 2.05) is 24.4 Å². The zero-order valence-electron chi connectivity index (χ0n) is 14.1. The molecule has 0 aromatic carbocycles. The topological polar surface area (TPSA) is 88.3 Å². The van der Waals surface area contributed by atoms with Crippen LogP contribution in [0.1, 0.15) is 28.2 Å². The minimum Gasteiger partial charge on any atom is -0.341 e. The molecule has 1 aliphatic heterocycles. The summed E-state index contributed by atoms with van der Waals surface area (Å²) >= 11 is 0. The lowest BCUT2D eigenvalue weighted by Gasteiger charge is -2.14. The first-order valence-electron chi connectivity index (χ1n) is 8.13. The quantitative estimate of drug-likeness (QED) is 0.785. The molecule has 1 radical (unpaired) electrons. The van der Waals surface area contributed by atoms with Gasteiger partial charge in [0.25, 0.3) is 5.91 Å². The Morgan fingerprint density at radius 3 is 2.68 bits per heavy atom. The van der Waals surface area contributed by atoms with Crippen molar-refractivity contribution in [1.82, 2.24) is 24.3 Å². The third kappa shape index (κ3) is 3.02. The van der Waals surface area contributed by atoms with Crippen molar-refractivity contribution in [2.45, 2.75) is 20.3 Å². The Bertz CT molecular complexity index is 926. The fourth-order valence-corrected chi connectivity index (χ4v) is 2.89. The van der Waals surface area contributed by atoms with Gasteiger partial charge in [0.15, 0.2) is 5.65 Å². The molecule has 0 bridgehead atoms. The number of imidazole rings is 1. The van der Waals surface area contributed by atoms with Crippen LogP contribution in [0, 0.1) is 20.3 Å². The Hall–Kier alpha value is -3.03. The summed E-state index contributed by atoms with van der Waals surface area (Å²) in [5.74, 6) is 0.822. The number of carbonyl (C=O) groups is 1. The predicted octanol–water partition coefficient (Wildman–Crippen LogP) is 1.80. The van der Waals surface area contributed by atoms with Crippen LogP contribution >= 0.6 is 0 Å². The molecule has 127 valence electrons. The lowest BCUT2D eigenvalue weighted by molar-refractivity contribution is 0.102. The van der Waals surface area contributed by atoms with Crippen LogP contribution in [-0.4, -0.2) is 43.3 Å². The van der Waals surface area contributed by atoms with Crippen molar-refractivity contribution in [3.8, 4) is 0 Å². The molecule has 3 aromatic rings. The first kappa shape index (κ1) is 15.5. The van der Waals surface area contributed by atoms with Crippen LogP contribution in [0.3, 0.4) is 0 Å². The Kier molecular flexibility index (Phi) is 3.79. The first-order chi connectivity index (χ1) is 12.1. The maximum atomic E-state index is 12.4. The van der Waals surface area contributed by atoms with Gasteiger partial charge in [0.1, 0.15) is 5.82 Å². The van der Waals surface area contributed by atoms with Gasteiger partial charge in [-0.3, -0.25) is 4.79 Å². The molecule has 0 spiro atoms. The van der Waals surface area contributed by atoms with Gasteiger partial charge in [-0.2, -0.15) is 0 Å². The molecule has 0 aliphatic carbocycles. The van der Waals surface area contributed by atoms with Crippen LogP contribution < -0.4 is 10.2 Å². The van der Waals surface area contributed by atoms with Gasteiger partial charge in [-0.25, -0.2) is 19.9 Å². The highest BCUT2D eigenvalue weighted by Crippen LogP contribution is 2.16. The van der Waals surface area contributed by atoms with Crippen molar-refractivity contribution in [3.05, 3.63) is 48.2 Å². The Labute approximate surface area is 145 Å². The maximum Gasteiger partial charge on any atom is 0.259 e. The van der Waals surface area contributed by atoms with Crippen LogP contribution in [0.2, 0.25) is 0 Å². The van der Waals surface area contributed by atoms with Gasteiger partial charge in [0.05, 0.1) is 23.1 Å². The number of aromatic nitrogens is 5. The summed E-state index contributed by atoms with van der Waals surface area (Å²) < 4.78 is 1.86. The van der Waals surface area contributed by atoms with Crippen LogP contribution in [0.4, 0.5) is 11.8 Å². The Balaban J connectivity index is 1.53. The van der Waals surface area contributed by atoms with Crippen molar-refractivity contribution in [2.75, 3.05) is 23.3 Å². The fourth-order valence-electron chi connectivity index (χ4n) is 2.89. The number of nitrogens with zero attached hydrogens (tertiary/aromatic N) is 6. The van der Waals surface area contributed by atoms with Crippen LogP contribution in [-0.2, 0) is 0 Å². The second kappa shape index (κ2) is 6.12. The number of rotatable bonds is 3. The molecule has 0 atom stereocenters. The van der Waals surface area contributed by atoms with Crippen molar-refractivity contribution >= 4 is 23.3 Å². The van der Waals surface area contributed by atoms with E-state index in [-0.39, 0.29) is 5.91 Å². The number of nitrogens with one attached hydrogen (secondary N) is 1.